The van der Waals surface area contributed by atoms with E-state index in [0.717, 1.165) is 39.2 Å². The van der Waals surface area contributed by atoms with Gasteiger partial charge in [-0.1, -0.05) is 149 Å². The van der Waals surface area contributed by atoms with Gasteiger partial charge in [0.05, 0.1) is 29.6 Å². The van der Waals surface area contributed by atoms with Crippen LogP contribution in [0.1, 0.15) is 61.3 Å². The van der Waals surface area contributed by atoms with Crippen molar-refractivity contribution >= 4 is 19.7 Å². The Hall–Kier alpha value is -6.23. The molecule has 0 saturated carbocycles. The molecule has 0 aliphatic carbocycles. The molecule has 0 radical (unpaired) electrons. The van der Waals surface area contributed by atoms with Gasteiger partial charge in [-0.05, 0) is 83.2 Å². The molecule has 286 valence electrons. The predicted molar refractivity (Wildman–Crippen MR) is 233 cm³/mol. The van der Waals surface area contributed by atoms with E-state index in [2.05, 4.69) is 143 Å². The Labute approximate surface area is 337 Å². The Bertz CT molecular complexity index is 2370. The van der Waals surface area contributed by atoms with E-state index in [1.807, 2.05) is 65.6 Å². The van der Waals surface area contributed by atoms with Crippen LogP contribution in [0.25, 0.3) is 11.3 Å². The molecule has 0 saturated heterocycles. The summed E-state index contributed by atoms with van der Waals surface area (Å²) < 4.78 is 26.5. The summed E-state index contributed by atoms with van der Waals surface area (Å²) in [6, 6.07) is 55.1. The van der Waals surface area contributed by atoms with Crippen LogP contribution in [-0.4, -0.2) is 17.9 Å². The van der Waals surface area contributed by atoms with Crippen LogP contribution in [-0.2, 0) is 18.5 Å². The summed E-state index contributed by atoms with van der Waals surface area (Å²) in [6.45, 7) is 13.0. The van der Waals surface area contributed by atoms with E-state index in [1.54, 1.807) is 12.1 Å². The van der Waals surface area contributed by atoms with Crippen LogP contribution in [0.5, 0.6) is 5.75 Å². The van der Waals surface area contributed by atoms with Crippen LogP contribution in [0.15, 0.2) is 164 Å². The molecule has 0 aliphatic heterocycles. The second kappa shape index (κ2) is 16.1. The first-order chi connectivity index (χ1) is 27.5. The highest BCUT2D eigenvalue weighted by Crippen LogP contribution is 2.45. The quantitative estimate of drug-likeness (QED) is 0.0917. The molecule has 6 aromatic carbocycles. The molecule has 0 amide bonds. The number of hydrogen-bond donors (Lipinski definition) is 0. The second-order valence-electron chi connectivity index (χ2n) is 16.0. The zero-order chi connectivity index (χ0) is 40.2. The number of rotatable bonds is 12. The van der Waals surface area contributed by atoms with Gasteiger partial charge in [-0.3, -0.25) is 0 Å². The molecule has 5 nitrogen and oxygen atoms in total. The third kappa shape index (κ3) is 7.66. The molecule has 1 heterocycles. The maximum Gasteiger partial charge on any atom is 0.250 e. The van der Waals surface area contributed by atoms with Crippen molar-refractivity contribution in [1.29, 1.82) is 5.26 Å². The molecule has 1 aromatic heterocycles. The number of imidazole rings is 1. The summed E-state index contributed by atoms with van der Waals surface area (Å²) in [5.74, 6) is 0.543. The van der Waals surface area contributed by atoms with E-state index >= 15 is 4.39 Å². The van der Waals surface area contributed by atoms with Crippen molar-refractivity contribution in [3.05, 3.63) is 203 Å². The van der Waals surface area contributed by atoms with Gasteiger partial charge in [0.15, 0.2) is 5.82 Å². The van der Waals surface area contributed by atoms with Gasteiger partial charge in [-0.2, -0.15) is 5.26 Å². The van der Waals surface area contributed by atoms with E-state index in [4.69, 9.17) is 9.41 Å². The van der Waals surface area contributed by atoms with Crippen LogP contribution < -0.4 is 9.33 Å². The van der Waals surface area contributed by atoms with Gasteiger partial charge in [0.2, 0.25) is 0 Å². The van der Waals surface area contributed by atoms with Gasteiger partial charge in [-0.25, -0.2) is 9.37 Å². The second-order valence-corrected chi connectivity index (χ2v) is 20.7. The molecule has 0 unspecified atom stereocenters. The number of halogens is 1. The number of aromatic nitrogens is 2. The molecule has 0 fully saturated rings. The Balaban J connectivity index is 1.54. The normalized spacial score (nSPS) is 11.9. The fourth-order valence-electron chi connectivity index (χ4n) is 7.24. The van der Waals surface area contributed by atoms with Crippen LogP contribution >= 0.6 is 0 Å². The van der Waals surface area contributed by atoms with E-state index in [0.29, 0.717) is 23.5 Å². The average molecular weight is 769 g/mol. The lowest BCUT2D eigenvalue weighted by Crippen LogP contribution is -2.44. The number of aryl methyl sites for hydroxylation is 1. The lowest BCUT2D eigenvalue weighted by atomic mass is 9.76. The first-order valence-corrected chi connectivity index (χ1v) is 22.5. The molecule has 7 aromatic rings. The largest absolute Gasteiger partial charge is 0.541 e. The Morgan fingerprint density at radius 1 is 0.737 bits per heavy atom. The first-order valence-electron chi connectivity index (χ1n) is 19.6. The summed E-state index contributed by atoms with van der Waals surface area (Å²) >= 11 is 0. The monoisotopic (exact) mass is 768 g/mol. The zero-order valence-electron chi connectivity index (χ0n) is 33.6. The molecule has 0 spiro atoms. The Morgan fingerprint density at radius 2 is 1.25 bits per heavy atom. The molecule has 57 heavy (non-hydrogen) atoms. The van der Waals surface area contributed by atoms with Crippen molar-refractivity contribution < 1.29 is 8.82 Å². The zero-order valence-corrected chi connectivity index (χ0v) is 34.6. The molecule has 7 rings (SSSR count). The van der Waals surface area contributed by atoms with Gasteiger partial charge in [-0.15, -0.1) is 0 Å². The van der Waals surface area contributed by atoms with Gasteiger partial charge < -0.3 is 13.9 Å². The van der Waals surface area contributed by atoms with E-state index < -0.39 is 19.7 Å². The van der Waals surface area contributed by atoms with E-state index in [1.165, 1.54) is 0 Å². The summed E-state index contributed by atoms with van der Waals surface area (Å²) in [7, 11) is -2.43. The first kappa shape index (κ1) is 39.0. The smallest absolute Gasteiger partial charge is 0.250 e. The fourth-order valence-corrected chi connectivity index (χ4v) is 8.24. The third-order valence-electron chi connectivity index (χ3n) is 11.3. The fraction of sp³-hybridized carbons (Fsp3) is 0.200. The van der Waals surface area contributed by atoms with E-state index in [9.17, 15) is 5.26 Å². The van der Waals surface area contributed by atoms with Crippen molar-refractivity contribution in [2.45, 2.75) is 64.3 Å². The molecule has 0 atom stereocenters. The molecule has 7 heteroatoms. The number of anilines is 2. The van der Waals surface area contributed by atoms with Crippen molar-refractivity contribution in [2.24, 2.45) is 0 Å². The van der Waals surface area contributed by atoms with Gasteiger partial charge in [0.25, 0.3) is 8.32 Å². The minimum absolute atomic E-state index is 0.136. The predicted octanol–water partition coefficient (Wildman–Crippen LogP) is 12.7. The number of hydrogen-bond acceptors (Lipinski definition) is 4. The third-order valence-corrected chi connectivity index (χ3v) is 15.7. The number of benzene rings is 6. The van der Waals surface area contributed by atoms with Gasteiger partial charge in [0.1, 0.15) is 17.1 Å². The van der Waals surface area contributed by atoms with Crippen LogP contribution in [0.2, 0.25) is 18.1 Å². The summed E-state index contributed by atoms with van der Waals surface area (Å²) in [5.41, 5.74) is 6.62. The van der Waals surface area contributed by atoms with Crippen molar-refractivity contribution in [3.8, 4) is 23.1 Å². The van der Waals surface area contributed by atoms with Crippen molar-refractivity contribution in [2.75, 3.05) is 4.90 Å². The molecular weight excluding hydrogens is 720 g/mol. The summed E-state index contributed by atoms with van der Waals surface area (Å²) in [5, 5.41) is 9.62. The molecule has 0 aliphatic rings. The van der Waals surface area contributed by atoms with Gasteiger partial charge >= 0.3 is 0 Å². The molecular formula is C50H49FN4OSi. The highest BCUT2D eigenvalue weighted by atomic mass is 28.4. The SMILES string of the molecule is CCc1cc(O[Si](C)(C)C(C)(C)C)c(F)c(N(Cc2nc(-c3ccccc3)cn2C(c2ccccc2)(c2ccccc2)c2ccccc2)c2ccc(C#N)cc2)c1. The van der Waals surface area contributed by atoms with Crippen molar-refractivity contribution in [1.82, 2.24) is 9.55 Å². The topological polar surface area (TPSA) is 54.1 Å². The number of nitrogens with zero attached hydrogens (tertiary/aromatic N) is 4. The minimum atomic E-state index is -2.43. The molecule has 0 bridgehead atoms. The average Bonchev–Trinajstić information content (AvgIpc) is 3.66. The van der Waals surface area contributed by atoms with Crippen LogP contribution in [0, 0.1) is 17.1 Å². The lowest BCUT2D eigenvalue weighted by Gasteiger charge is -2.39. The van der Waals surface area contributed by atoms with E-state index in [-0.39, 0.29) is 17.3 Å². The number of nitriles is 1. The van der Waals surface area contributed by atoms with Gasteiger partial charge in [0, 0.05) is 17.4 Å². The lowest BCUT2D eigenvalue weighted by molar-refractivity contribution is 0.456. The van der Waals surface area contributed by atoms with Crippen LogP contribution in [0.3, 0.4) is 0 Å². The maximum atomic E-state index is 17.5. The Morgan fingerprint density at radius 3 is 1.72 bits per heavy atom. The highest BCUT2D eigenvalue weighted by Gasteiger charge is 2.42. The molecule has 0 N–H and O–H groups in total. The summed E-state index contributed by atoms with van der Waals surface area (Å²) in [6.07, 6.45) is 2.83. The van der Waals surface area contributed by atoms with Crippen LogP contribution in [0.4, 0.5) is 15.8 Å². The van der Waals surface area contributed by atoms with Crippen molar-refractivity contribution in [3.63, 3.8) is 0 Å². The standard InChI is InChI=1S/C50H49FN4OSi/c1-7-37-32-45(48(51)46(33-37)56-57(5,6)49(2,3)4)54(43-30-28-38(34-52)29-31-43)36-47-53-44(39-20-12-8-13-21-39)35-55(47)50(40-22-14-9-15-23-40,41-24-16-10-17-25-41)42-26-18-11-19-27-42/h8-33,35H,7,36H2,1-6H3. The Kier molecular flexibility index (Phi) is 11.0. The highest BCUT2D eigenvalue weighted by molar-refractivity contribution is 6.74. The summed E-state index contributed by atoms with van der Waals surface area (Å²) in [4.78, 5) is 7.44. The maximum absolute atomic E-state index is 17.5. The minimum Gasteiger partial charge on any atom is -0.541 e.